The molecule has 0 bridgehead atoms. The Morgan fingerprint density at radius 3 is 2.38 bits per heavy atom. The molecular weight excluding hydrogens is 368 g/mol. The second-order valence-corrected chi connectivity index (χ2v) is 7.54. The Bertz CT molecular complexity index is 768. The Balaban J connectivity index is 2.08. The van der Waals surface area contributed by atoms with E-state index < -0.39 is 24.1 Å². The van der Waals surface area contributed by atoms with Gasteiger partial charge in [-0.2, -0.15) is 0 Å². The Morgan fingerprint density at radius 2 is 1.79 bits per heavy atom. The lowest BCUT2D eigenvalue weighted by atomic mass is 9.99. The van der Waals surface area contributed by atoms with Crippen molar-refractivity contribution < 1.29 is 14.7 Å². The van der Waals surface area contributed by atoms with E-state index in [1.165, 1.54) is 0 Å². The first-order valence-electron chi connectivity index (χ1n) is 9.83. The Hall–Kier alpha value is -2.77. The fraction of sp³-hybridized carbons (Fsp3) is 0.409. The molecule has 1 heterocycles. The highest BCUT2D eigenvalue weighted by Gasteiger charge is 2.25. The number of nitrogens with one attached hydrogen (secondary N) is 2. The zero-order valence-electron chi connectivity index (χ0n) is 16.9. The van der Waals surface area contributed by atoms with Crippen LogP contribution in [0.4, 0.5) is 0 Å². The number of primary amides is 1. The summed E-state index contributed by atoms with van der Waals surface area (Å²) in [6, 6.07) is 13.6. The second kappa shape index (κ2) is 11.3. The molecule has 0 aliphatic rings. The summed E-state index contributed by atoms with van der Waals surface area (Å²) in [5, 5.41) is 16.7. The van der Waals surface area contributed by atoms with Gasteiger partial charge < -0.3 is 21.5 Å². The van der Waals surface area contributed by atoms with Crippen LogP contribution in [0.5, 0.6) is 0 Å². The number of rotatable bonds is 11. The van der Waals surface area contributed by atoms with Crippen molar-refractivity contribution in [2.24, 2.45) is 11.7 Å². The van der Waals surface area contributed by atoms with Gasteiger partial charge in [0.15, 0.2) is 0 Å². The van der Waals surface area contributed by atoms with Gasteiger partial charge in [0, 0.05) is 12.7 Å². The number of nitrogens with zero attached hydrogens (tertiary/aromatic N) is 1. The summed E-state index contributed by atoms with van der Waals surface area (Å²) in [5.41, 5.74) is 6.72. The van der Waals surface area contributed by atoms with Gasteiger partial charge in [0.25, 0.3) is 5.91 Å². The molecule has 156 valence electrons. The van der Waals surface area contributed by atoms with Gasteiger partial charge >= 0.3 is 0 Å². The lowest BCUT2D eigenvalue weighted by molar-refractivity contribution is -0.120. The molecule has 5 N–H and O–H groups in total. The van der Waals surface area contributed by atoms with E-state index >= 15 is 0 Å². The van der Waals surface area contributed by atoms with Gasteiger partial charge in [-0.1, -0.05) is 50.2 Å². The van der Waals surface area contributed by atoms with Crippen LogP contribution in [0.15, 0.2) is 54.7 Å². The highest BCUT2D eigenvalue weighted by molar-refractivity contribution is 5.92. The number of aliphatic hydroxyl groups excluding tert-OH is 1. The number of hydrogen-bond donors (Lipinski definition) is 4. The number of aromatic nitrogens is 1. The van der Waals surface area contributed by atoms with Crippen molar-refractivity contribution in [3.05, 3.63) is 66.0 Å². The summed E-state index contributed by atoms with van der Waals surface area (Å²) in [5.74, 6) is -0.539. The number of nitrogens with two attached hydrogens (primary N) is 1. The van der Waals surface area contributed by atoms with Gasteiger partial charge in [-0.3, -0.25) is 14.6 Å². The highest BCUT2D eigenvalue weighted by atomic mass is 16.3. The van der Waals surface area contributed by atoms with E-state index in [-0.39, 0.29) is 24.1 Å². The molecule has 0 aliphatic carbocycles. The lowest BCUT2D eigenvalue weighted by Crippen LogP contribution is -2.52. The van der Waals surface area contributed by atoms with Crippen LogP contribution in [0.1, 0.15) is 36.3 Å². The Labute approximate surface area is 171 Å². The zero-order valence-corrected chi connectivity index (χ0v) is 16.9. The van der Waals surface area contributed by atoms with E-state index in [1.807, 2.05) is 44.2 Å². The van der Waals surface area contributed by atoms with Crippen molar-refractivity contribution in [1.82, 2.24) is 15.6 Å². The predicted molar refractivity (Wildman–Crippen MR) is 112 cm³/mol. The van der Waals surface area contributed by atoms with Gasteiger partial charge in [0.05, 0.1) is 18.2 Å². The van der Waals surface area contributed by atoms with Crippen LogP contribution in [0.25, 0.3) is 0 Å². The molecule has 0 radical (unpaired) electrons. The molecular formula is C22H30N4O3. The normalized spacial score (nSPS) is 14.2. The number of hydrogen-bond acceptors (Lipinski definition) is 5. The standard InChI is InChI=1S/C22H30N4O3/c1-15(2)12-19(21(23)28)25-14-20(27)18(13-16-8-4-3-5-9-16)26-22(29)17-10-6-7-11-24-17/h3-11,15,18-20,25,27H,12-14H2,1-2H3,(H2,23,28)(H,26,29)/t18-,19-,20-/m0/s1. The highest BCUT2D eigenvalue weighted by Crippen LogP contribution is 2.09. The average Bonchev–Trinajstić information content (AvgIpc) is 2.71. The SMILES string of the molecule is CC(C)C[C@H](NC[C@H](O)[C@H](Cc1ccccc1)NC(=O)c1ccccn1)C(N)=O. The maximum Gasteiger partial charge on any atom is 0.270 e. The molecule has 2 amide bonds. The minimum absolute atomic E-state index is 0.125. The molecule has 2 aromatic rings. The van der Waals surface area contributed by atoms with Crippen LogP contribution in [-0.2, 0) is 11.2 Å². The smallest absolute Gasteiger partial charge is 0.270 e. The molecule has 7 heteroatoms. The molecule has 0 saturated heterocycles. The van der Waals surface area contributed by atoms with Gasteiger partial charge in [0.1, 0.15) is 5.69 Å². The zero-order chi connectivity index (χ0) is 21.2. The number of amides is 2. The lowest BCUT2D eigenvalue weighted by Gasteiger charge is -2.26. The quantitative estimate of drug-likeness (QED) is 0.455. The van der Waals surface area contributed by atoms with Crippen molar-refractivity contribution in [2.45, 2.75) is 44.9 Å². The van der Waals surface area contributed by atoms with E-state index in [1.54, 1.807) is 24.4 Å². The number of benzene rings is 1. The summed E-state index contributed by atoms with van der Waals surface area (Å²) in [7, 11) is 0. The van der Waals surface area contributed by atoms with Crippen LogP contribution in [0.3, 0.4) is 0 Å². The first-order chi connectivity index (χ1) is 13.9. The monoisotopic (exact) mass is 398 g/mol. The number of pyridine rings is 1. The maximum absolute atomic E-state index is 12.6. The molecule has 0 unspecified atom stereocenters. The molecule has 0 aliphatic heterocycles. The maximum atomic E-state index is 12.6. The molecule has 0 saturated carbocycles. The van der Waals surface area contributed by atoms with E-state index in [2.05, 4.69) is 15.6 Å². The number of aliphatic hydroxyl groups is 1. The van der Waals surface area contributed by atoms with Crippen LogP contribution >= 0.6 is 0 Å². The van der Waals surface area contributed by atoms with Crippen molar-refractivity contribution >= 4 is 11.8 Å². The minimum Gasteiger partial charge on any atom is -0.390 e. The summed E-state index contributed by atoms with van der Waals surface area (Å²) >= 11 is 0. The average molecular weight is 399 g/mol. The van der Waals surface area contributed by atoms with Crippen molar-refractivity contribution in [3.8, 4) is 0 Å². The van der Waals surface area contributed by atoms with Crippen LogP contribution < -0.4 is 16.4 Å². The van der Waals surface area contributed by atoms with E-state index in [9.17, 15) is 14.7 Å². The van der Waals surface area contributed by atoms with E-state index in [0.717, 1.165) is 5.56 Å². The molecule has 7 nitrogen and oxygen atoms in total. The van der Waals surface area contributed by atoms with Crippen LogP contribution in [0, 0.1) is 5.92 Å². The van der Waals surface area contributed by atoms with Crippen LogP contribution in [0.2, 0.25) is 0 Å². The van der Waals surface area contributed by atoms with Gasteiger partial charge in [-0.15, -0.1) is 0 Å². The number of carbonyl (C=O) groups is 2. The van der Waals surface area contributed by atoms with Crippen molar-refractivity contribution in [3.63, 3.8) is 0 Å². The number of carbonyl (C=O) groups excluding carboxylic acids is 2. The Morgan fingerprint density at radius 1 is 1.10 bits per heavy atom. The minimum atomic E-state index is -0.920. The topological polar surface area (TPSA) is 117 Å². The second-order valence-electron chi connectivity index (χ2n) is 7.54. The third-order valence-corrected chi connectivity index (χ3v) is 4.60. The predicted octanol–water partition coefficient (Wildman–Crippen LogP) is 1.27. The molecule has 1 aromatic heterocycles. The third-order valence-electron chi connectivity index (χ3n) is 4.60. The Kier molecular flexibility index (Phi) is 8.76. The largest absolute Gasteiger partial charge is 0.390 e. The van der Waals surface area contributed by atoms with Crippen LogP contribution in [-0.4, -0.2) is 46.6 Å². The van der Waals surface area contributed by atoms with Crippen molar-refractivity contribution in [1.29, 1.82) is 0 Å². The van der Waals surface area contributed by atoms with Crippen molar-refractivity contribution in [2.75, 3.05) is 6.54 Å². The fourth-order valence-electron chi connectivity index (χ4n) is 3.07. The summed E-state index contributed by atoms with van der Waals surface area (Å²) in [6.45, 7) is 4.12. The summed E-state index contributed by atoms with van der Waals surface area (Å²) in [4.78, 5) is 28.3. The molecule has 0 spiro atoms. The molecule has 3 atom stereocenters. The molecule has 0 fully saturated rings. The molecule has 29 heavy (non-hydrogen) atoms. The first-order valence-corrected chi connectivity index (χ1v) is 9.83. The molecule has 2 rings (SSSR count). The summed E-state index contributed by atoms with van der Waals surface area (Å²) in [6.07, 6.45) is 1.64. The van der Waals surface area contributed by atoms with E-state index in [0.29, 0.717) is 12.8 Å². The first kappa shape index (κ1) is 22.5. The molecule has 1 aromatic carbocycles. The summed E-state index contributed by atoms with van der Waals surface area (Å²) < 4.78 is 0. The van der Waals surface area contributed by atoms with E-state index in [4.69, 9.17) is 5.73 Å². The third kappa shape index (κ3) is 7.63. The van der Waals surface area contributed by atoms with Gasteiger partial charge in [-0.25, -0.2) is 0 Å². The fourth-order valence-corrected chi connectivity index (χ4v) is 3.07. The van der Waals surface area contributed by atoms with Gasteiger partial charge in [0.2, 0.25) is 5.91 Å². The van der Waals surface area contributed by atoms with Gasteiger partial charge in [-0.05, 0) is 36.5 Å².